The van der Waals surface area contributed by atoms with Gasteiger partial charge in [0.1, 0.15) is 0 Å². The van der Waals surface area contributed by atoms with Crippen molar-refractivity contribution >= 4 is 5.97 Å². The molecule has 0 rings (SSSR count). The molecule has 0 spiro atoms. The fraction of sp³-hybridized carbons (Fsp3) is 0.955. The van der Waals surface area contributed by atoms with Gasteiger partial charge in [-0.2, -0.15) is 0 Å². The molecule has 0 N–H and O–H groups in total. The lowest BCUT2D eigenvalue weighted by Crippen LogP contribution is -2.32. The number of rotatable bonds is 16. The standard InChI is InChI=1S/C22H44O2/c1-6-7-8-9-10-11-12-13-14-15-16-17-18-19-20(2)22(3,4)21(23)24-5/h20H,6-19H2,1-5H3. The minimum atomic E-state index is -0.355. The van der Waals surface area contributed by atoms with Crippen LogP contribution in [0.5, 0.6) is 0 Å². The normalized spacial score (nSPS) is 13.0. The zero-order valence-corrected chi connectivity index (χ0v) is 17.3. The molecule has 0 aliphatic carbocycles. The Labute approximate surface area is 152 Å². The van der Waals surface area contributed by atoms with Gasteiger partial charge in [0.15, 0.2) is 0 Å². The van der Waals surface area contributed by atoms with Gasteiger partial charge in [-0.05, 0) is 26.2 Å². The van der Waals surface area contributed by atoms with E-state index in [1.165, 1.54) is 90.6 Å². The summed E-state index contributed by atoms with van der Waals surface area (Å²) in [6, 6.07) is 0. The number of hydrogen-bond donors (Lipinski definition) is 0. The molecule has 0 aromatic carbocycles. The minimum absolute atomic E-state index is 0.0790. The van der Waals surface area contributed by atoms with Crippen LogP contribution >= 0.6 is 0 Å². The molecule has 0 aliphatic rings. The Morgan fingerprint density at radius 3 is 1.54 bits per heavy atom. The van der Waals surface area contributed by atoms with Crippen molar-refractivity contribution in [1.82, 2.24) is 0 Å². The van der Waals surface area contributed by atoms with E-state index < -0.39 is 0 Å². The average Bonchev–Trinajstić information content (AvgIpc) is 2.57. The average molecular weight is 341 g/mol. The third-order valence-corrected chi connectivity index (χ3v) is 5.68. The summed E-state index contributed by atoms with van der Waals surface area (Å²) in [7, 11) is 1.49. The highest BCUT2D eigenvalue weighted by Gasteiger charge is 2.34. The van der Waals surface area contributed by atoms with Gasteiger partial charge in [0.2, 0.25) is 0 Å². The third-order valence-electron chi connectivity index (χ3n) is 5.68. The van der Waals surface area contributed by atoms with Crippen molar-refractivity contribution in [2.24, 2.45) is 11.3 Å². The van der Waals surface area contributed by atoms with Crippen LogP contribution < -0.4 is 0 Å². The second kappa shape index (κ2) is 14.8. The molecule has 0 saturated heterocycles. The fourth-order valence-electron chi connectivity index (χ4n) is 3.29. The van der Waals surface area contributed by atoms with Crippen LogP contribution in [0.25, 0.3) is 0 Å². The second-order valence-corrected chi connectivity index (χ2v) is 8.15. The molecule has 0 heterocycles. The number of unbranched alkanes of at least 4 members (excludes halogenated alkanes) is 12. The van der Waals surface area contributed by atoms with E-state index in [1.54, 1.807) is 0 Å². The topological polar surface area (TPSA) is 26.3 Å². The van der Waals surface area contributed by atoms with Crippen LogP contribution in [-0.2, 0) is 9.53 Å². The minimum Gasteiger partial charge on any atom is -0.469 e. The highest BCUT2D eigenvalue weighted by molar-refractivity contribution is 5.76. The number of carbonyl (C=O) groups is 1. The lowest BCUT2D eigenvalue weighted by molar-refractivity contribution is -0.153. The van der Waals surface area contributed by atoms with E-state index >= 15 is 0 Å². The van der Waals surface area contributed by atoms with Crippen LogP contribution in [0, 0.1) is 11.3 Å². The van der Waals surface area contributed by atoms with Gasteiger partial charge in [-0.1, -0.05) is 97.3 Å². The molecule has 0 radical (unpaired) electrons. The van der Waals surface area contributed by atoms with Gasteiger partial charge in [0, 0.05) is 0 Å². The van der Waals surface area contributed by atoms with Crippen LogP contribution in [0.2, 0.25) is 0 Å². The summed E-state index contributed by atoms with van der Waals surface area (Å²) in [5.74, 6) is 0.308. The van der Waals surface area contributed by atoms with E-state index in [0.29, 0.717) is 5.92 Å². The van der Waals surface area contributed by atoms with Crippen molar-refractivity contribution in [2.75, 3.05) is 7.11 Å². The molecule has 2 nitrogen and oxygen atoms in total. The molecule has 0 bridgehead atoms. The van der Waals surface area contributed by atoms with E-state index in [9.17, 15) is 4.79 Å². The number of esters is 1. The maximum atomic E-state index is 11.8. The molecule has 2 heteroatoms. The number of carbonyl (C=O) groups excluding carboxylic acids is 1. The monoisotopic (exact) mass is 340 g/mol. The summed E-state index contributed by atoms with van der Waals surface area (Å²) >= 11 is 0. The summed E-state index contributed by atoms with van der Waals surface area (Å²) in [6.07, 6.45) is 19.1. The van der Waals surface area contributed by atoms with Crippen molar-refractivity contribution in [2.45, 2.75) is 118 Å². The summed E-state index contributed by atoms with van der Waals surface area (Å²) < 4.78 is 4.92. The van der Waals surface area contributed by atoms with Crippen molar-refractivity contribution in [3.05, 3.63) is 0 Å². The molecule has 0 fully saturated rings. The van der Waals surface area contributed by atoms with Gasteiger partial charge in [-0.15, -0.1) is 0 Å². The van der Waals surface area contributed by atoms with Crippen LogP contribution in [0.3, 0.4) is 0 Å². The summed E-state index contributed by atoms with van der Waals surface area (Å²) in [6.45, 7) is 8.47. The Kier molecular flexibility index (Phi) is 14.5. The zero-order chi connectivity index (χ0) is 18.3. The summed E-state index contributed by atoms with van der Waals surface area (Å²) in [4.78, 5) is 11.8. The van der Waals surface area contributed by atoms with Crippen molar-refractivity contribution in [3.63, 3.8) is 0 Å². The van der Waals surface area contributed by atoms with E-state index in [4.69, 9.17) is 4.74 Å². The predicted octanol–water partition coefficient (Wildman–Crippen LogP) is 7.30. The summed E-state index contributed by atoms with van der Waals surface area (Å²) in [5.41, 5.74) is -0.355. The molecule has 0 amide bonds. The highest BCUT2D eigenvalue weighted by Crippen LogP contribution is 2.32. The van der Waals surface area contributed by atoms with E-state index in [0.717, 1.165) is 6.42 Å². The van der Waals surface area contributed by atoms with Crippen LogP contribution in [0.4, 0.5) is 0 Å². The van der Waals surface area contributed by atoms with Crippen molar-refractivity contribution in [1.29, 1.82) is 0 Å². The smallest absolute Gasteiger partial charge is 0.311 e. The Bertz CT molecular complexity index is 296. The second-order valence-electron chi connectivity index (χ2n) is 8.15. The first-order valence-corrected chi connectivity index (χ1v) is 10.5. The molecule has 0 saturated carbocycles. The first-order chi connectivity index (χ1) is 11.5. The zero-order valence-electron chi connectivity index (χ0n) is 17.3. The van der Waals surface area contributed by atoms with Gasteiger partial charge >= 0.3 is 5.97 Å². The number of ether oxygens (including phenoxy) is 1. The third kappa shape index (κ3) is 11.1. The van der Waals surface area contributed by atoms with Gasteiger partial charge in [0.25, 0.3) is 0 Å². The fourth-order valence-corrected chi connectivity index (χ4v) is 3.29. The number of hydrogen-bond acceptors (Lipinski definition) is 2. The molecule has 1 atom stereocenters. The first kappa shape index (κ1) is 23.5. The molecule has 0 aliphatic heterocycles. The van der Waals surface area contributed by atoms with Gasteiger partial charge in [0.05, 0.1) is 12.5 Å². The Morgan fingerprint density at radius 1 is 0.792 bits per heavy atom. The quantitative estimate of drug-likeness (QED) is 0.217. The van der Waals surface area contributed by atoms with Crippen LogP contribution in [0.15, 0.2) is 0 Å². The lowest BCUT2D eigenvalue weighted by atomic mass is 9.77. The van der Waals surface area contributed by atoms with E-state index in [-0.39, 0.29) is 11.4 Å². The number of methoxy groups -OCH3 is 1. The SMILES string of the molecule is CCCCCCCCCCCCCCCC(C)C(C)(C)C(=O)OC. The maximum absolute atomic E-state index is 11.8. The molecule has 0 aromatic rings. The highest BCUT2D eigenvalue weighted by atomic mass is 16.5. The van der Waals surface area contributed by atoms with Crippen molar-refractivity contribution in [3.8, 4) is 0 Å². The Morgan fingerprint density at radius 2 is 1.17 bits per heavy atom. The van der Waals surface area contributed by atoms with Crippen LogP contribution in [0.1, 0.15) is 118 Å². The molecular formula is C22H44O2. The molecule has 0 aromatic heterocycles. The molecule has 1 unspecified atom stereocenters. The van der Waals surface area contributed by atoms with Crippen molar-refractivity contribution < 1.29 is 9.53 Å². The Hall–Kier alpha value is -0.530. The van der Waals surface area contributed by atoms with Gasteiger partial charge in [-0.3, -0.25) is 4.79 Å². The predicted molar refractivity (Wildman–Crippen MR) is 105 cm³/mol. The lowest BCUT2D eigenvalue weighted by Gasteiger charge is -2.28. The Balaban J connectivity index is 3.41. The van der Waals surface area contributed by atoms with E-state index in [1.807, 2.05) is 13.8 Å². The van der Waals surface area contributed by atoms with Gasteiger partial charge in [-0.25, -0.2) is 0 Å². The summed E-state index contributed by atoms with van der Waals surface area (Å²) in [5, 5.41) is 0. The van der Waals surface area contributed by atoms with E-state index in [2.05, 4.69) is 13.8 Å². The molecule has 24 heavy (non-hydrogen) atoms. The largest absolute Gasteiger partial charge is 0.469 e. The molecular weight excluding hydrogens is 296 g/mol. The van der Waals surface area contributed by atoms with Gasteiger partial charge < -0.3 is 4.74 Å². The molecule has 144 valence electrons. The maximum Gasteiger partial charge on any atom is 0.311 e. The first-order valence-electron chi connectivity index (χ1n) is 10.5. The van der Waals surface area contributed by atoms with Crippen LogP contribution in [-0.4, -0.2) is 13.1 Å².